The molecule has 0 aliphatic rings. The molecule has 2 aromatic carbocycles. The summed E-state index contributed by atoms with van der Waals surface area (Å²) >= 11 is 12.5. The number of rotatable bonds is 8. The Balaban J connectivity index is 2.24. The van der Waals surface area contributed by atoms with Gasteiger partial charge >= 0.3 is 0 Å². The van der Waals surface area contributed by atoms with Crippen LogP contribution in [0.3, 0.4) is 0 Å². The molecule has 0 heterocycles. The molecule has 28 heavy (non-hydrogen) atoms. The minimum Gasteiger partial charge on any atom is -0.354 e. The first-order valence-electron chi connectivity index (χ1n) is 9.33. The van der Waals surface area contributed by atoms with Gasteiger partial charge in [0.1, 0.15) is 6.04 Å². The van der Waals surface area contributed by atoms with Crippen molar-refractivity contribution in [2.75, 3.05) is 6.54 Å². The molecule has 0 unspecified atom stereocenters. The van der Waals surface area contributed by atoms with Gasteiger partial charge in [-0.05, 0) is 36.1 Å². The normalized spacial score (nSPS) is 11.9. The first kappa shape index (κ1) is 22.3. The van der Waals surface area contributed by atoms with Gasteiger partial charge in [0.15, 0.2) is 0 Å². The molecular weight excluding hydrogens is 395 g/mol. The van der Waals surface area contributed by atoms with E-state index < -0.39 is 6.04 Å². The van der Waals surface area contributed by atoms with Crippen molar-refractivity contribution >= 4 is 35.0 Å². The highest BCUT2D eigenvalue weighted by atomic mass is 35.5. The van der Waals surface area contributed by atoms with E-state index in [0.29, 0.717) is 22.5 Å². The van der Waals surface area contributed by atoms with Gasteiger partial charge in [-0.15, -0.1) is 0 Å². The predicted octanol–water partition coefficient (Wildman–Crippen LogP) is 4.73. The van der Waals surface area contributed by atoms with Crippen LogP contribution in [0, 0.1) is 5.92 Å². The third kappa shape index (κ3) is 6.25. The molecule has 0 bridgehead atoms. The lowest BCUT2D eigenvalue weighted by Crippen LogP contribution is -2.48. The van der Waals surface area contributed by atoms with Crippen LogP contribution in [0.1, 0.15) is 31.9 Å². The van der Waals surface area contributed by atoms with E-state index >= 15 is 0 Å². The number of amides is 2. The van der Waals surface area contributed by atoms with Crippen molar-refractivity contribution in [3.63, 3.8) is 0 Å². The highest BCUT2D eigenvalue weighted by Gasteiger charge is 2.27. The summed E-state index contributed by atoms with van der Waals surface area (Å²) in [6.45, 7) is 6.59. The zero-order chi connectivity index (χ0) is 20.7. The maximum absolute atomic E-state index is 13.1. The van der Waals surface area contributed by atoms with Gasteiger partial charge in [0, 0.05) is 23.1 Å². The van der Waals surface area contributed by atoms with E-state index in [1.807, 2.05) is 50.2 Å². The van der Waals surface area contributed by atoms with E-state index in [1.54, 1.807) is 24.0 Å². The summed E-state index contributed by atoms with van der Waals surface area (Å²) in [6, 6.07) is 13.9. The lowest BCUT2D eigenvalue weighted by atomic mass is 10.1. The summed E-state index contributed by atoms with van der Waals surface area (Å²) in [6.07, 6.45) is 0.117. The largest absolute Gasteiger partial charge is 0.354 e. The van der Waals surface area contributed by atoms with Gasteiger partial charge in [0.25, 0.3) is 0 Å². The molecule has 0 aliphatic carbocycles. The van der Waals surface area contributed by atoms with Crippen LogP contribution >= 0.6 is 23.2 Å². The molecule has 0 saturated carbocycles. The first-order valence-corrected chi connectivity index (χ1v) is 10.1. The van der Waals surface area contributed by atoms with Gasteiger partial charge in [0.05, 0.1) is 6.42 Å². The molecule has 0 aliphatic heterocycles. The minimum absolute atomic E-state index is 0.117. The molecule has 0 fully saturated rings. The van der Waals surface area contributed by atoms with Gasteiger partial charge in [0.2, 0.25) is 11.8 Å². The van der Waals surface area contributed by atoms with Gasteiger partial charge in [-0.25, -0.2) is 0 Å². The average Bonchev–Trinajstić information content (AvgIpc) is 2.66. The molecule has 4 nitrogen and oxygen atoms in total. The van der Waals surface area contributed by atoms with E-state index in [0.717, 1.165) is 11.1 Å². The molecule has 0 spiro atoms. The number of carbonyl (C=O) groups is 2. The van der Waals surface area contributed by atoms with Crippen molar-refractivity contribution in [2.45, 2.75) is 39.8 Å². The summed E-state index contributed by atoms with van der Waals surface area (Å²) < 4.78 is 0. The van der Waals surface area contributed by atoms with Crippen LogP contribution in [-0.4, -0.2) is 29.3 Å². The molecule has 6 heteroatoms. The molecule has 1 atom stereocenters. The van der Waals surface area contributed by atoms with Crippen molar-refractivity contribution in [3.05, 3.63) is 69.7 Å². The average molecular weight is 421 g/mol. The fraction of sp³-hybridized carbons (Fsp3) is 0.364. The van der Waals surface area contributed by atoms with Crippen LogP contribution in [0.25, 0.3) is 0 Å². The van der Waals surface area contributed by atoms with E-state index in [1.165, 1.54) is 0 Å². The Kier molecular flexibility index (Phi) is 8.34. The van der Waals surface area contributed by atoms with Gasteiger partial charge in [-0.3, -0.25) is 9.59 Å². The summed E-state index contributed by atoms with van der Waals surface area (Å²) in [5.74, 6) is -0.0412. The lowest BCUT2D eigenvalue weighted by molar-refractivity contribution is -0.140. The molecule has 2 amide bonds. The van der Waals surface area contributed by atoms with Crippen LogP contribution in [0.15, 0.2) is 48.5 Å². The van der Waals surface area contributed by atoms with E-state index in [-0.39, 0.29) is 24.8 Å². The number of halogens is 2. The van der Waals surface area contributed by atoms with Crippen molar-refractivity contribution in [3.8, 4) is 0 Å². The van der Waals surface area contributed by atoms with Crippen LogP contribution < -0.4 is 5.32 Å². The van der Waals surface area contributed by atoms with Gasteiger partial charge in [-0.2, -0.15) is 0 Å². The number of hydrogen-bond donors (Lipinski definition) is 1. The van der Waals surface area contributed by atoms with Crippen molar-refractivity contribution < 1.29 is 9.59 Å². The second-order valence-corrected chi connectivity index (χ2v) is 8.01. The van der Waals surface area contributed by atoms with E-state index in [4.69, 9.17) is 23.2 Å². The monoisotopic (exact) mass is 420 g/mol. The topological polar surface area (TPSA) is 49.4 Å². The van der Waals surface area contributed by atoms with Crippen LogP contribution in [-0.2, 0) is 22.6 Å². The SMILES string of the molecule is CC(C)CNC(=O)[C@@H](C)N(Cc1ccccc1Cl)C(=O)Cc1ccccc1Cl. The number of nitrogens with zero attached hydrogens (tertiary/aromatic N) is 1. The summed E-state index contributed by atoms with van der Waals surface area (Å²) in [5.41, 5.74) is 1.52. The van der Waals surface area contributed by atoms with Gasteiger partial charge < -0.3 is 10.2 Å². The minimum atomic E-state index is -0.634. The molecule has 0 saturated heterocycles. The van der Waals surface area contributed by atoms with Crippen LogP contribution in [0.2, 0.25) is 10.0 Å². The molecule has 1 N–H and O–H groups in total. The molecule has 0 aromatic heterocycles. The third-order valence-corrected chi connectivity index (χ3v) is 5.19. The Morgan fingerprint density at radius 2 is 1.46 bits per heavy atom. The molecule has 2 rings (SSSR count). The second-order valence-electron chi connectivity index (χ2n) is 7.20. The fourth-order valence-electron chi connectivity index (χ4n) is 2.75. The molecule has 2 aromatic rings. The Labute approximate surface area is 176 Å². The second kappa shape index (κ2) is 10.5. The summed E-state index contributed by atoms with van der Waals surface area (Å²) in [7, 11) is 0. The van der Waals surface area contributed by atoms with Crippen molar-refractivity contribution in [1.82, 2.24) is 10.2 Å². The van der Waals surface area contributed by atoms with E-state index in [9.17, 15) is 9.59 Å². The Hall–Kier alpha value is -2.04. The molecule has 0 radical (unpaired) electrons. The van der Waals surface area contributed by atoms with Crippen LogP contribution in [0.5, 0.6) is 0 Å². The smallest absolute Gasteiger partial charge is 0.242 e. The number of nitrogens with one attached hydrogen (secondary N) is 1. The third-order valence-electron chi connectivity index (χ3n) is 4.45. The van der Waals surface area contributed by atoms with Gasteiger partial charge in [-0.1, -0.05) is 73.4 Å². The number of hydrogen-bond acceptors (Lipinski definition) is 2. The molecular formula is C22H26Cl2N2O2. The highest BCUT2D eigenvalue weighted by Crippen LogP contribution is 2.21. The van der Waals surface area contributed by atoms with Crippen molar-refractivity contribution in [2.24, 2.45) is 5.92 Å². The molecule has 150 valence electrons. The quantitative estimate of drug-likeness (QED) is 0.670. The summed E-state index contributed by atoms with van der Waals surface area (Å²) in [5, 5.41) is 4.00. The Bertz CT molecular complexity index is 824. The van der Waals surface area contributed by atoms with E-state index in [2.05, 4.69) is 5.32 Å². The number of carbonyl (C=O) groups excluding carboxylic acids is 2. The lowest BCUT2D eigenvalue weighted by Gasteiger charge is -2.29. The van der Waals surface area contributed by atoms with Crippen molar-refractivity contribution in [1.29, 1.82) is 0 Å². The van der Waals surface area contributed by atoms with Crippen LogP contribution in [0.4, 0.5) is 0 Å². The zero-order valence-corrected chi connectivity index (χ0v) is 17.9. The standard InChI is InChI=1S/C22H26Cl2N2O2/c1-15(2)13-25-22(28)16(3)26(14-18-9-5-7-11-20(18)24)21(27)12-17-8-4-6-10-19(17)23/h4-11,15-16H,12-14H2,1-3H3,(H,25,28)/t16-/m1/s1. The maximum atomic E-state index is 13.1. The first-order chi connectivity index (χ1) is 13.3. The maximum Gasteiger partial charge on any atom is 0.242 e. The predicted molar refractivity (Wildman–Crippen MR) is 114 cm³/mol. The Morgan fingerprint density at radius 1 is 0.929 bits per heavy atom. The summed E-state index contributed by atoms with van der Waals surface area (Å²) in [4.78, 5) is 27.3. The Morgan fingerprint density at radius 3 is 2.00 bits per heavy atom. The fourth-order valence-corrected chi connectivity index (χ4v) is 3.15. The highest BCUT2D eigenvalue weighted by molar-refractivity contribution is 6.31. The number of benzene rings is 2. The zero-order valence-electron chi connectivity index (χ0n) is 16.4.